The molecule has 1 rings (SSSR count). The Kier molecular flexibility index (Phi) is 5.38. The number of nitriles is 1. The quantitative estimate of drug-likeness (QED) is 0.773. The molecule has 3 nitrogen and oxygen atoms in total. The van der Waals surface area contributed by atoms with E-state index >= 15 is 0 Å². The van der Waals surface area contributed by atoms with Gasteiger partial charge in [0.15, 0.2) is 5.78 Å². The van der Waals surface area contributed by atoms with Crippen molar-refractivity contribution in [1.82, 2.24) is 0 Å². The molecule has 3 heteroatoms. The average molecular weight is 245 g/mol. The fourth-order valence-electron chi connectivity index (χ4n) is 1.98. The molecule has 18 heavy (non-hydrogen) atoms. The number of benzene rings is 1. The molecule has 0 aromatic heterocycles. The minimum atomic E-state index is -0.652. The van der Waals surface area contributed by atoms with Gasteiger partial charge in [-0.2, -0.15) is 5.26 Å². The smallest absolute Gasteiger partial charge is 0.154 e. The van der Waals surface area contributed by atoms with Gasteiger partial charge in [-0.25, -0.2) is 0 Å². The molecular weight excluding hydrogens is 226 g/mol. The van der Waals surface area contributed by atoms with Crippen LogP contribution in [0.3, 0.4) is 0 Å². The highest BCUT2D eigenvalue weighted by Gasteiger charge is 2.20. The first-order valence-corrected chi connectivity index (χ1v) is 6.27. The van der Waals surface area contributed by atoms with Crippen LogP contribution in [0.1, 0.15) is 43.7 Å². The zero-order chi connectivity index (χ0) is 13.5. The number of hydrogen-bond acceptors (Lipinski definition) is 3. The van der Waals surface area contributed by atoms with Crippen LogP contribution in [0.2, 0.25) is 0 Å². The van der Waals surface area contributed by atoms with Crippen molar-refractivity contribution in [3.63, 3.8) is 0 Å². The van der Waals surface area contributed by atoms with Gasteiger partial charge in [-0.3, -0.25) is 4.79 Å². The van der Waals surface area contributed by atoms with Crippen molar-refractivity contribution >= 4 is 5.78 Å². The first-order valence-electron chi connectivity index (χ1n) is 6.27. The Morgan fingerprint density at radius 3 is 2.67 bits per heavy atom. The highest BCUT2D eigenvalue weighted by atomic mass is 16.5. The second kappa shape index (κ2) is 6.80. The zero-order valence-corrected chi connectivity index (χ0v) is 11.2. The van der Waals surface area contributed by atoms with E-state index in [1.54, 1.807) is 13.2 Å². The number of aryl methyl sites for hydroxylation is 1. The van der Waals surface area contributed by atoms with E-state index in [4.69, 9.17) is 10.00 Å². The van der Waals surface area contributed by atoms with Crippen LogP contribution >= 0.6 is 0 Å². The van der Waals surface area contributed by atoms with Gasteiger partial charge < -0.3 is 4.74 Å². The van der Waals surface area contributed by atoms with Gasteiger partial charge in [-0.1, -0.05) is 26.0 Å². The molecule has 0 aliphatic carbocycles. The number of Topliss-reactive ketones (excluding diaryl/α,β-unsaturated/α-hetero) is 1. The molecule has 0 radical (unpaired) electrons. The molecule has 1 aromatic carbocycles. The Bertz CT molecular complexity index is 460. The van der Waals surface area contributed by atoms with Crippen molar-refractivity contribution < 1.29 is 9.53 Å². The molecule has 1 aromatic rings. The van der Waals surface area contributed by atoms with Crippen molar-refractivity contribution in [3.05, 3.63) is 29.3 Å². The molecule has 0 saturated carbocycles. The maximum atomic E-state index is 11.9. The molecule has 0 fully saturated rings. The third-order valence-electron chi connectivity index (χ3n) is 2.97. The summed E-state index contributed by atoms with van der Waals surface area (Å²) in [7, 11) is 1.62. The molecule has 1 unspecified atom stereocenters. The number of nitrogens with zero attached hydrogens (tertiary/aromatic N) is 1. The zero-order valence-electron chi connectivity index (χ0n) is 11.2. The summed E-state index contributed by atoms with van der Waals surface area (Å²) in [5, 5.41) is 9.16. The number of carbonyl (C=O) groups is 1. The lowest BCUT2D eigenvalue weighted by Gasteiger charge is -2.12. The van der Waals surface area contributed by atoms with Gasteiger partial charge in [-0.05, 0) is 30.0 Å². The third kappa shape index (κ3) is 3.10. The summed E-state index contributed by atoms with van der Waals surface area (Å²) in [6, 6.07) is 7.64. The molecule has 0 heterocycles. The SMILES string of the molecule is CCCC(=O)C(C#N)c1ccc(OC)c(CC)c1. The molecule has 0 saturated heterocycles. The Morgan fingerprint density at radius 2 is 2.17 bits per heavy atom. The first-order chi connectivity index (χ1) is 8.67. The van der Waals surface area contributed by atoms with E-state index in [-0.39, 0.29) is 5.78 Å². The van der Waals surface area contributed by atoms with Gasteiger partial charge in [0.2, 0.25) is 0 Å². The summed E-state index contributed by atoms with van der Waals surface area (Å²) in [6.45, 7) is 3.97. The van der Waals surface area contributed by atoms with Gasteiger partial charge in [0.1, 0.15) is 11.7 Å². The van der Waals surface area contributed by atoms with Crippen LogP contribution in [0.4, 0.5) is 0 Å². The summed E-state index contributed by atoms with van der Waals surface area (Å²) >= 11 is 0. The summed E-state index contributed by atoms with van der Waals surface area (Å²) in [5.74, 6) is 0.147. The van der Waals surface area contributed by atoms with Crippen LogP contribution in [0.15, 0.2) is 18.2 Å². The second-order valence-electron chi connectivity index (χ2n) is 4.20. The minimum absolute atomic E-state index is 0.00720. The van der Waals surface area contributed by atoms with Crippen LogP contribution in [-0.2, 0) is 11.2 Å². The van der Waals surface area contributed by atoms with Gasteiger partial charge in [0.25, 0.3) is 0 Å². The normalized spacial score (nSPS) is 11.7. The number of methoxy groups -OCH3 is 1. The molecule has 0 aliphatic heterocycles. The topological polar surface area (TPSA) is 50.1 Å². The molecule has 0 aliphatic rings. The van der Waals surface area contributed by atoms with E-state index < -0.39 is 5.92 Å². The lowest BCUT2D eigenvalue weighted by atomic mass is 9.92. The summed E-state index contributed by atoms with van der Waals surface area (Å²) < 4.78 is 5.24. The first kappa shape index (κ1) is 14.2. The molecule has 0 spiro atoms. The van der Waals surface area contributed by atoms with Gasteiger partial charge in [0.05, 0.1) is 13.2 Å². The number of rotatable bonds is 6. The molecule has 0 amide bonds. The number of hydrogen-bond donors (Lipinski definition) is 0. The van der Waals surface area contributed by atoms with Crippen molar-refractivity contribution in [2.75, 3.05) is 7.11 Å². The average Bonchev–Trinajstić information content (AvgIpc) is 2.39. The van der Waals surface area contributed by atoms with E-state index in [0.29, 0.717) is 6.42 Å². The molecule has 0 bridgehead atoms. The highest BCUT2D eigenvalue weighted by molar-refractivity contribution is 5.88. The highest BCUT2D eigenvalue weighted by Crippen LogP contribution is 2.26. The van der Waals surface area contributed by atoms with Gasteiger partial charge in [-0.15, -0.1) is 0 Å². The summed E-state index contributed by atoms with van der Waals surface area (Å²) in [4.78, 5) is 11.9. The van der Waals surface area contributed by atoms with Gasteiger partial charge in [0, 0.05) is 6.42 Å². The molecule has 0 N–H and O–H groups in total. The van der Waals surface area contributed by atoms with Gasteiger partial charge >= 0.3 is 0 Å². The van der Waals surface area contributed by atoms with Crippen molar-refractivity contribution in [3.8, 4) is 11.8 Å². The van der Waals surface area contributed by atoms with Crippen LogP contribution in [0, 0.1) is 11.3 Å². The minimum Gasteiger partial charge on any atom is -0.496 e. The van der Waals surface area contributed by atoms with E-state index in [1.807, 2.05) is 26.0 Å². The molecule has 1 atom stereocenters. The predicted molar refractivity (Wildman–Crippen MR) is 70.6 cm³/mol. The maximum absolute atomic E-state index is 11.9. The van der Waals surface area contributed by atoms with Crippen molar-refractivity contribution in [2.45, 2.75) is 39.0 Å². The van der Waals surface area contributed by atoms with E-state index in [2.05, 4.69) is 6.07 Å². The van der Waals surface area contributed by atoms with Crippen LogP contribution in [0.25, 0.3) is 0 Å². The van der Waals surface area contributed by atoms with E-state index in [0.717, 1.165) is 29.7 Å². The van der Waals surface area contributed by atoms with E-state index in [1.165, 1.54) is 0 Å². The Hall–Kier alpha value is -1.82. The number of ketones is 1. The molecular formula is C15H19NO2. The predicted octanol–water partition coefficient (Wildman–Crippen LogP) is 3.23. The lowest BCUT2D eigenvalue weighted by Crippen LogP contribution is -2.10. The van der Waals surface area contributed by atoms with Crippen LogP contribution in [0.5, 0.6) is 5.75 Å². The van der Waals surface area contributed by atoms with Crippen molar-refractivity contribution in [2.24, 2.45) is 0 Å². The van der Waals surface area contributed by atoms with Crippen molar-refractivity contribution in [1.29, 1.82) is 5.26 Å². The molecule has 96 valence electrons. The standard InChI is InChI=1S/C15H19NO2/c1-4-6-14(17)13(10-16)12-7-8-15(18-3)11(5-2)9-12/h7-9,13H,4-6H2,1-3H3. The Labute approximate surface area is 108 Å². The maximum Gasteiger partial charge on any atom is 0.154 e. The monoisotopic (exact) mass is 245 g/mol. The van der Waals surface area contributed by atoms with E-state index in [9.17, 15) is 4.79 Å². The Morgan fingerprint density at radius 1 is 1.44 bits per heavy atom. The second-order valence-corrected chi connectivity index (χ2v) is 4.20. The summed E-state index contributed by atoms with van der Waals surface area (Å²) in [6.07, 6.45) is 2.04. The Balaban J connectivity index is 3.08. The largest absolute Gasteiger partial charge is 0.496 e. The number of ether oxygens (including phenoxy) is 1. The fourth-order valence-corrected chi connectivity index (χ4v) is 1.98. The van der Waals surface area contributed by atoms with Crippen LogP contribution in [-0.4, -0.2) is 12.9 Å². The fraction of sp³-hybridized carbons (Fsp3) is 0.467. The third-order valence-corrected chi connectivity index (χ3v) is 2.97. The lowest BCUT2D eigenvalue weighted by molar-refractivity contribution is -0.119. The number of carbonyl (C=O) groups excluding carboxylic acids is 1. The summed E-state index contributed by atoms with van der Waals surface area (Å²) in [5.41, 5.74) is 1.80. The van der Waals surface area contributed by atoms with Crippen LogP contribution < -0.4 is 4.74 Å².